The van der Waals surface area contributed by atoms with Crippen LogP contribution in [0, 0.1) is 5.41 Å². The molecular weight excluding hydrogens is 380 g/mol. The van der Waals surface area contributed by atoms with Gasteiger partial charge in [-0.1, -0.05) is 30.3 Å². The van der Waals surface area contributed by atoms with Crippen molar-refractivity contribution < 1.29 is 14.3 Å². The van der Waals surface area contributed by atoms with Crippen LogP contribution in [0.25, 0.3) is 0 Å². The topological polar surface area (TPSA) is 101 Å². The molecule has 1 saturated carbocycles. The van der Waals surface area contributed by atoms with Crippen molar-refractivity contribution in [3.63, 3.8) is 0 Å². The first kappa shape index (κ1) is 20.1. The van der Waals surface area contributed by atoms with Gasteiger partial charge < -0.3 is 25.4 Å². The van der Waals surface area contributed by atoms with Gasteiger partial charge in [-0.2, -0.15) is 0 Å². The van der Waals surface area contributed by atoms with E-state index in [1.807, 2.05) is 30.3 Å². The number of amides is 2. The zero-order valence-electron chi connectivity index (χ0n) is 17.2. The molecule has 0 radical (unpaired) electrons. The summed E-state index contributed by atoms with van der Waals surface area (Å²) in [6.07, 6.45) is 4.79. The number of nitrogens with two attached hydrogens (primary N) is 1. The van der Waals surface area contributed by atoms with Crippen LogP contribution >= 0.6 is 0 Å². The van der Waals surface area contributed by atoms with Gasteiger partial charge in [-0.15, -0.1) is 0 Å². The van der Waals surface area contributed by atoms with Crippen molar-refractivity contribution in [3.8, 4) is 11.5 Å². The minimum Gasteiger partial charge on any atom is -0.493 e. The van der Waals surface area contributed by atoms with Crippen LogP contribution in [0.1, 0.15) is 48.4 Å². The van der Waals surface area contributed by atoms with Gasteiger partial charge in [0, 0.05) is 18.7 Å². The molecule has 7 heteroatoms. The van der Waals surface area contributed by atoms with Crippen LogP contribution < -0.4 is 20.5 Å². The van der Waals surface area contributed by atoms with Gasteiger partial charge in [-0.25, -0.2) is 4.79 Å². The molecule has 1 aliphatic heterocycles. The molecule has 2 aromatic carbocycles. The molecule has 2 aromatic rings. The molecule has 0 spiro atoms. The molecule has 4 N–H and O–H groups in total. The average molecular weight is 409 g/mol. The number of methoxy groups -OCH3 is 1. The van der Waals surface area contributed by atoms with E-state index in [2.05, 4.69) is 5.32 Å². The predicted molar refractivity (Wildman–Crippen MR) is 115 cm³/mol. The largest absolute Gasteiger partial charge is 0.493 e. The smallest absolute Gasteiger partial charge is 0.318 e. The van der Waals surface area contributed by atoms with E-state index in [4.69, 9.17) is 20.6 Å². The van der Waals surface area contributed by atoms with Gasteiger partial charge in [0.05, 0.1) is 19.3 Å². The maximum atomic E-state index is 12.5. The second-order valence-electron chi connectivity index (χ2n) is 7.93. The lowest BCUT2D eigenvalue weighted by Gasteiger charge is -2.19. The quantitative estimate of drug-likeness (QED) is 0.482. The number of carbonyl (C=O) groups is 1. The summed E-state index contributed by atoms with van der Waals surface area (Å²) in [4.78, 5) is 14.3. The lowest BCUT2D eigenvalue weighted by molar-refractivity contribution is 0.200. The fraction of sp³-hybridized carbons (Fsp3) is 0.391. The Morgan fingerprint density at radius 2 is 1.90 bits per heavy atom. The Hall–Kier alpha value is -3.22. The zero-order valence-corrected chi connectivity index (χ0v) is 17.2. The predicted octanol–water partition coefficient (Wildman–Crippen LogP) is 3.57. The van der Waals surface area contributed by atoms with Crippen molar-refractivity contribution in [2.24, 2.45) is 5.73 Å². The lowest BCUT2D eigenvalue weighted by atomic mass is 10.1. The Morgan fingerprint density at radius 1 is 1.17 bits per heavy atom. The van der Waals surface area contributed by atoms with Crippen molar-refractivity contribution in [3.05, 3.63) is 59.2 Å². The number of amidine groups is 1. The van der Waals surface area contributed by atoms with Gasteiger partial charge in [-0.3, -0.25) is 5.41 Å². The number of ether oxygens (including phenoxy) is 2. The van der Waals surface area contributed by atoms with Gasteiger partial charge in [0.2, 0.25) is 0 Å². The normalized spacial score (nSPS) is 19.0. The number of nitrogens with one attached hydrogen (secondary N) is 2. The van der Waals surface area contributed by atoms with Crippen molar-refractivity contribution in [2.45, 2.75) is 44.4 Å². The minimum absolute atomic E-state index is 0.0377. The Kier molecular flexibility index (Phi) is 5.79. The van der Waals surface area contributed by atoms with Crippen LogP contribution in [0.4, 0.5) is 4.79 Å². The highest BCUT2D eigenvalue weighted by Crippen LogP contribution is 2.35. The Bertz CT molecular complexity index is 923. The first-order chi connectivity index (χ1) is 14.5. The monoisotopic (exact) mass is 408 g/mol. The Labute approximate surface area is 176 Å². The maximum Gasteiger partial charge on any atom is 0.318 e. The fourth-order valence-electron chi connectivity index (χ4n) is 4.11. The molecule has 30 heavy (non-hydrogen) atoms. The molecular formula is C23H28N4O3. The molecule has 1 atom stereocenters. The SMILES string of the molecule is COc1ccc(C2CN(Cc3ccc(C(=N)N)cc3)C(=O)N2)cc1OC1CCCC1. The first-order valence-corrected chi connectivity index (χ1v) is 10.4. The van der Waals surface area contributed by atoms with E-state index < -0.39 is 0 Å². The van der Waals surface area contributed by atoms with Crippen molar-refractivity contribution in [2.75, 3.05) is 13.7 Å². The molecule has 0 aromatic heterocycles. The number of hydrogen-bond acceptors (Lipinski definition) is 4. The highest BCUT2D eigenvalue weighted by molar-refractivity contribution is 5.94. The van der Waals surface area contributed by atoms with Gasteiger partial charge in [0.1, 0.15) is 5.84 Å². The van der Waals surface area contributed by atoms with Gasteiger partial charge >= 0.3 is 6.03 Å². The summed E-state index contributed by atoms with van der Waals surface area (Å²) in [7, 11) is 1.65. The number of urea groups is 1. The Morgan fingerprint density at radius 3 is 2.57 bits per heavy atom. The van der Waals surface area contributed by atoms with Crippen molar-refractivity contribution in [1.29, 1.82) is 5.41 Å². The molecule has 4 rings (SSSR count). The van der Waals surface area contributed by atoms with Crippen molar-refractivity contribution >= 4 is 11.9 Å². The second kappa shape index (κ2) is 8.65. The summed E-state index contributed by atoms with van der Waals surface area (Å²) >= 11 is 0. The maximum absolute atomic E-state index is 12.5. The van der Waals surface area contributed by atoms with Gasteiger partial charge in [0.25, 0.3) is 0 Å². The number of rotatable bonds is 7. The molecule has 0 bridgehead atoms. The average Bonchev–Trinajstić information content (AvgIpc) is 3.38. The highest BCUT2D eigenvalue weighted by Gasteiger charge is 2.30. The summed E-state index contributed by atoms with van der Waals surface area (Å²) in [6, 6.07) is 13.1. The van der Waals surface area contributed by atoms with E-state index in [1.165, 1.54) is 12.8 Å². The van der Waals surface area contributed by atoms with E-state index in [0.717, 1.165) is 35.5 Å². The lowest BCUT2D eigenvalue weighted by Crippen LogP contribution is -2.27. The first-order valence-electron chi connectivity index (χ1n) is 10.4. The number of carbonyl (C=O) groups excluding carboxylic acids is 1. The standard InChI is InChI=1S/C23H28N4O3/c1-29-20-11-10-17(12-21(20)30-18-4-2-3-5-18)19-14-27(23(28)26-19)13-15-6-8-16(9-7-15)22(24)25/h6-12,18-19H,2-5,13-14H2,1H3,(H3,24,25)(H,26,28). The van der Waals surface area contributed by atoms with Crippen molar-refractivity contribution in [1.82, 2.24) is 10.2 Å². The third-order valence-electron chi connectivity index (χ3n) is 5.81. The van der Waals surface area contributed by atoms with Gasteiger partial charge in [0.15, 0.2) is 11.5 Å². The summed E-state index contributed by atoms with van der Waals surface area (Å²) < 4.78 is 11.7. The minimum atomic E-state index is -0.106. The second-order valence-corrected chi connectivity index (χ2v) is 7.93. The molecule has 1 saturated heterocycles. The van der Waals surface area contributed by atoms with Crippen LogP contribution in [-0.4, -0.2) is 36.5 Å². The fourth-order valence-corrected chi connectivity index (χ4v) is 4.11. The van der Waals surface area contributed by atoms with E-state index in [-0.39, 0.29) is 24.0 Å². The number of nitrogens with zero attached hydrogens (tertiary/aromatic N) is 1. The Balaban J connectivity index is 1.45. The molecule has 7 nitrogen and oxygen atoms in total. The number of hydrogen-bond donors (Lipinski definition) is 3. The molecule has 158 valence electrons. The van der Waals surface area contributed by atoms with E-state index in [1.54, 1.807) is 24.1 Å². The molecule has 1 heterocycles. The number of benzene rings is 2. The van der Waals surface area contributed by atoms with Crippen LogP contribution in [0.3, 0.4) is 0 Å². The summed E-state index contributed by atoms with van der Waals surface area (Å²) in [6.45, 7) is 1.07. The highest BCUT2D eigenvalue weighted by atomic mass is 16.5. The molecule has 2 amide bonds. The molecule has 1 unspecified atom stereocenters. The third-order valence-corrected chi connectivity index (χ3v) is 5.81. The van der Waals surface area contributed by atoms with E-state index in [9.17, 15) is 4.79 Å². The molecule has 1 aliphatic carbocycles. The van der Waals surface area contributed by atoms with E-state index in [0.29, 0.717) is 18.7 Å². The molecule has 2 aliphatic rings. The van der Waals surface area contributed by atoms with E-state index >= 15 is 0 Å². The van der Waals surface area contributed by atoms with Crippen LogP contribution in [0.5, 0.6) is 11.5 Å². The summed E-state index contributed by atoms with van der Waals surface area (Å²) in [5.41, 5.74) is 8.18. The van der Waals surface area contributed by atoms with Crippen LogP contribution in [0.2, 0.25) is 0 Å². The molecule has 2 fully saturated rings. The third kappa shape index (κ3) is 4.35. The van der Waals surface area contributed by atoms with Crippen LogP contribution in [-0.2, 0) is 6.54 Å². The zero-order chi connectivity index (χ0) is 21.1. The summed E-state index contributed by atoms with van der Waals surface area (Å²) in [5, 5.41) is 10.5. The number of nitrogen functional groups attached to an aromatic ring is 1. The van der Waals surface area contributed by atoms with Crippen LogP contribution in [0.15, 0.2) is 42.5 Å². The summed E-state index contributed by atoms with van der Waals surface area (Å²) in [5.74, 6) is 1.50. The van der Waals surface area contributed by atoms with Gasteiger partial charge in [-0.05, 0) is 48.9 Å².